The number of carboxylic acid groups (broad SMARTS) is 1. The maximum atomic E-state index is 13.9. The van der Waals surface area contributed by atoms with Gasteiger partial charge in [-0.3, -0.25) is 9.69 Å². The van der Waals surface area contributed by atoms with Gasteiger partial charge in [0.1, 0.15) is 11.7 Å². The first kappa shape index (κ1) is 27.0. The van der Waals surface area contributed by atoms with Crippen LogP contribution in [0.5, 0.6) is 0 Å². The van der Waals surface area contributed by atoms with E-state index in [2.05, 4.69) is 5.32 Å². The van der Waals surface area contributed by atoms with Gasteiger partial charge in [0, 0.05) is 21.9 Å². The molecule has 3 N–H and O–H groups in total. The van der Waals surface area contributed by atoms with E-state index in [9.17, 15) is 50.5 Å². The molecule has 37 heavy (non-hydrogen) atoms. The van der Waals surface area contributed by atoms with E-state index in [0.29, 0.717) is 41.0 Å². The number of hydrogen-bond acceptors (Lipinski definition) is 4. The Morgan fingerprint density at radius 1 is 1.03 bits per heavy atom. The second-order valence-corrected chi connectivity index (χ2v) is 9.93. The summed E-state index contributed by atoms with van der Waals surface area (Å²) in [5.41, 5.74) is -7.20. The number of benzene rings is 2. The molecule has 2 aromatic rings. The van der Waals surface area contributed by atoms with Crippen LogP contribution in [0.4, 0.5) is 41.2 Å². The van der Waals surface area contributed by atoms with Gasteiger partial charge in [0.25, 0.3) is 11.5 Å². The Labute approximate surface area is 209 Å². The SMILES string of the molecule is O=C(Nc1ccc(C(O)(C(F)(F)F)C(F)(F)F)cc1)C1c2ccc(SCC3(F)CC3)cc2CN1C(=O)O. The van der Waals surface area contributed by atoms with Crippen LogP contribution in [0.25, 0.3) is 0 Å². The molecule has 2 amide bonds. The zero-order valence-corrected chi connectivity index (χ0v) is 19.5. The molecule has 14 heteroatoms. The van der Waals surface area contributed by atoms with Gasteiger partial charge < -0.3 is 15.5 Å². The van der Waals surface area contributed by atoms with Gasteiger partial charge >= 0.3 is 18.4 Å². The molecule has 0 aromatic heterocycles. The monoisotopic (exact) mass is 552 g/mol. The van der Waals surface area contributed by atoms with Gasteiger partial charge in [-0.05, 0) is 48.2 Å². The summed E-state index contributed by atoms with van der Waals surface area (Å²) in [6.45, 7) is -0.152. The third-order valence-electron chi connectivity index (χ3n) is 6.24. The maximum absolute atomic E-state index is 13.9. The summed E-state index contributed by atoms with van der Waals surface area (Å²) in [6.07, 6.45) is -12.6. The average molecular weight is 552 g/mol. The van der Waals surface area contributed by atoms with E-state index >= 15 is 0 Å². The summed E-state index contributed by atoms with van der Waals surface area (Å²) in [5, 5.41) is 21.4. The minimum atomic E-state index is -6.06. The fourth-order valence-electron chi connectivity index (χ4n) is 3.97. The number of rotatable bonds is 6. The molecule has 0 saturated heterocycles. The minimum absolute atomic E-state index is 0.152. The molecule has 1 fully saturated rings. The van der Waals surface area contributed by atoms with Crippen LogP contribution in [0, 0.1) is 0 Å². The van der Waals surface area contributed by atoms with E-state index in [4.69, 9.17) is 0 Å². The molecule has 0 spiro atoms. The molecule has 1 heterocycles. The van der Waals surface area contributed by atoms with Crippen molar-refractivity contribution in [1.29, 1.82) is 0 Å². The molecule has 200 valence electrons. The summed E-state index contributed by atoms with van der Waals surface area (Å²) < 4.78 is 92.4. The lowest BCUT2D eigenvalue weighted by atomic mass is 9.92. The molecule has 1 aliphatic carbocycles. The Balaban J connectivity index is 1.54. The lowest BCUT2D eigenvalue weighted by molar-refractivity contribution is -0.376. The molecule has 1 atom stereocenters. The summed E-state index contributed by atoms with van der Waals surface area (Å²) in [4.78, 5) is 26.3. The number of hydrogen-bond donors (Lipinski definition) is 3. The van der Waals surface area contributed by atoms with E-state index in [0.717, 1.165) is 17.0 Å². The van der Waals surface area contributed by atoms with E-state index in [1.54, 1.807) is 12.1 Å². The van der Waals surface area contributed by atoms with Gasteiger partial charge in [-0.2, -0.15) is 26.3 Å². The van der Waals surface area contributed by atoms with Crippen molar-refractivity contribution in [1.82, 2.24) is 4.90 Å². The molecular formula is C23H19F7N2O4S. The van der Waals surface area contributed by atoms with Crippen LogP contribution in [0.3, 0.4) is 0 Å². The summed E-state index contributed by atoms with van der Waals surface area (Å²) in [6, 6.07) is 5.67. The van der Waals surface area contributed by atoms with E-state index in [-0.39, 0.29) is 18.0 Å². The van der Waals surface area contributed by atoms with Crippen LogP contribution < -0.4 is 5.32 Å². The van der Waals surface area contributed by atoms with Crippen LogP contribution in [-0.4, -0.2) is 50.9 Å². The largest absolute Gasteiger partial charge is 0.465 e. The Hall–Kier alpha value is -3.00. The number of nitrogens with zero attached hydrogens (tertiary/aromatic N) is 1. The van der Waals surface area contributed by atoms with Crippen LogP contribution in [-0.2, 0) is 16.9 Å². The first-order valence-electron chi connectivity index (χ1n) is 10.8. The number of carbonyl (C=O) groups is 2. The van der Waals surface area contributed by atoms with Crippen LogP contribution in [0.2, 0.25) is 0 Å². The highest BCUT2D eigenvalue weighted by Crippen LogP contribution is 2.50. The van der Waals surface area contributed by atoms with Crippen molar-refractivity contribution in [3.8, 4) is 0 Å². The van der Waals surface area contributed by atoms with Gasteiger partial charge in [0.05, 0.1) is 6.54 Å². The number of carbonyl (C=O) groups excluding carboxylic acids is 1. The molecule has 0 bridgehead atoms. The van der Waals surface area contributed by atoms with Crippen molar-refractivity contribution >= 4 is 29.4 Å². The predicted molar refractivity (Wildman–Crippen MR) is 118 cm³/mol. The third-order valence-corrected chi connectivity index (χ3v) is 7.49. The molecule has 1 aliphatic heterocycles. The van der Waals surface area contributed by atoms with Crippen molar-refractivity contribution in [2.45, 2.75) is 53.9 Å². The van der Waals surface area contributed by atoms with Crippen LogP contribution in [0.15, 0.2) is 47.4 Å². The zero-order chi connectivity index (χ0) is 27.4. The number of fused-ring (bicyclic) bond motifs is 1. The van der Waals surface area contributed by atoms with Gasteiger partial charge in [-0.1, -0.05) is 18.2 Å². The van der Waals surface area contributed by atoms with Gasteiger partial charge in [-0.25, -0.2) is 9.18 Å². The quantitative estimate of drug-likeness (QED) is 0.313. The van der Waals surface area contributed by atoms with Gasteiger partial charge in [-0.15, -0.1) is 11.8 Å². The standard InChI is InChI=1S/C23H19F7N2O4S/c24-20(7-8-20)11-37-15-5-6-16-12(9-15)10-32(19(34)35)17(16)18(33)31-14-3-1-13(2-4-14)21(36,22(25,26)27)23(28,29)30/h1-6,9,17,36H,7-8,10-11H2,(H,31,33)(H,34,35). The topological polar surface area (TPSA) is 89.9 Å². The number of halogens is 7. The molecule has 2 aliphatic rings. The predicted octanol–water partition coefficient (Wildman–Crippen LogP) is 5.77. The fourth-order valence-corrected chi connectivity index (χ4v) is 5.07. The van der Waals surface area contributed by atoms with E-state index in [1.165, 1.54) is 17.8 Å². The highest BCUT2D eigenvalue weighted by molar-refractivity contribution is 7.99. The molecule has 6 nitrogen and oxygen atoms in total. The molecule has 0 radical (unpaired) electrons. The number of aliphatic hydroxyl groups is 1. The normalized spacial score (nSPS) is 18.9. The lowest BCUT2D eigenvalue weighted by Crippen LogP contribution is -2.53. The molecular weight excluding hydrogens is 533 g/mol. The van der Waals surface area contributed by atoms with Crippen molar-refractivity contribution < 1.29 is 50.5 Å². The molecule has 1 unspecified atom stereocenters. The third kappa shape index (κ3) is 5.08. The number of nitrogens with one attached hydrogen (secondary N) is 1. The van der Waals surface area contributed by atoms with Gasteiger partial charge in [0.15, 0.2) is 0 Å². The second kappa shape index (κ2) is 9.08. The van der Waals surface area contributed by atoms with Crippen LogP contribution in [0.1, 0.15) is 35.6 Å². The molecule has 2 aromatic carbocycles. The molecule has 1 saturated carbocycles. The van der Waals surface area contributed by atoms with E-state index in [1.807, 2.05) is 0 Å². The second-order valence-electron chi connectivity index (χ2n) is 8.89. The highest BCUT2D eigenvalue weighted by Gasteiger charge is 2.71. The van der Waals surface area contributed by atoms with Gasteiger partial charge in [0.2, 0.25) is 0 Å². The first-order chi connectivity index (χ1) is 17.1. The number of amides is 2. The van der Waals surface area contributed by atoms with Crippen molar-refractivity contribution in [3.63, 3.8) is 0 Å². The highest BCUT2D eigenvalue weighted by atomic mass is 32.2. The Kier molecular flexibility index (Phi) is 6.64. The van der Waals surface area contributed by atoms with Crippen molar-refractivity contribution in [2.75, 3.05) is 11.1 Å². The molecule has 4 rings (SSSR count). The van der Waals surface area contributed by atoms with E-state index < -0.39 is 47.2 Å². The maximum Gasteiger partial charge on any atom is 0.430 e. The number of alkyl halides is 7. The van der Waals surface area contributed by atoms with Crippen LogP contribution >= 0.6 is 11.8 Å². The van der Waals surface area contributed by atoms with Crippen molar-refractivity contribution in [3.05, 3.63) is 59.2 Å². The number of thioether (sulfide) groups is 1. The first-order valence-corrected chi connectivity index (χ1v) is 11.8. The fraction of sp³-hybridized carbons (Fsp3) is 0.391. The Morgan fingerprint density at radius 2 is 1.62 bits per heavy atom. The summed E-state index contributed by atoms with van der Waals surface area (Å²) >= 11 is 1.26. The summed E-state index contributed by atoms with van der Waals surface area (Å²) in [5.74, 6) is -0.650. The smallest absolute Gasteiger partial charge is 0.430 e. The lowest BCUT2D eigenvalue weighted by Gasteiger charge is -2.32. The Bertz CT molecular complexity index is 1200. The zero-order valence-electron chi connectivity index (χ0n) is 18.7. The summed E-state index contributed by atoms with van der Waals surface area (Å²) in [7, 11) is 0. The van der Waals surface area contributed by atoms with Crippen molar-refractivity contribution in [2.24, 2.45) is 0 Å². The Morgan fingerprint density at radius 3 is 2.14 bits per heavy atom. The number of anilines is 1. The average Bonchev–Trinajstić information content (AvgIpc) is 3.41. The minimum Gasteiger partial charge on any atom is -0.465 e.